The Balaban J connectivity index is 1.64. The molecule has 1 aromatic heterocycles. The maximum atomic E-state index is 12.7. The summed E-state index contributed by atoms with van der Waals surface area (Å²) in [5.41, 5.74) is 3.99. The fourth-order valence-corrected chi connectivity index (χ4v) is 5.57. The summed E-state index contributed by atoms with van der Waals surface area (Å²) in [4.78, 5) is 23.9. The summed E-state index contributed by atoms with van der Waals surface area (Å²) < 4.78 is 26.1. The fourth-order valence-electron chi connectivity index (χ4n) is 4.45. The average molecular weight is 429 g/mol. The van der Waals surface area contributed by atoms with Crippen LogP contribution in [0.5, 0.6) is 0 Å². The van der Waals surface area contributed by atoms with Crippen LogP contribution >= 0.6 is 0 Å². The van der Waals surface area contributed by atoms with E-state index >= 15 is 0 Å². The summed E-state index contributed by atoms with van der Waals surface area (Å²) in [6, 6.07) is 7.91. The van der Waals surface area contributed by atoms with Gasteiger partial charge in [0, 0.05) is 24.3 Å². The second-order valence-corrected chi connectivity index (χ2v) is 10.3. The Hall–Kier alpha value is -2.32. The molecule has 2 aliphatic heterocycles. The van der Waals surface area contributed by atoms with Gasteiger partial charge in [0.25, 0.3) is 0 Å². The predicted molar refractivity (Wildman–Crippen MR) is 116 cm³/mol. The van der Waals surface area contributed by atoms with Gasteiger partial charge in [-0.25, -0.2) is 18.4 Å². The molecule has 7 nitrogen and oxygen atoms in total. The molecule has 0 bridgehead atoms. The summed E-state index contributed by atoms with van der Waals surface area (Å²) in [6.07, 6.45) is 4.76. The third kappa shape index (κ3) is 4.11. The molecule has 1 unspecified atom stereocenters. The number of hydrogen-bond donors (Lipinski definition) is 0. The van der Waals surface area contributed by atoms with Crippen molar-refractivity contribution in [2.45, 2.75) is 52.0 Å². The first-order valence-electron chi connectivity index (χ1n) is 10.4. The first-order chi connectivity index (χ1) is 14.2. The van der Waals surface area contributed by atoms with Crippen molar-refractivity contribution >= 4 is 21.7 Å². The minimum atomic E-state index is -3.35. The van der Waals surface area contributed by atoms with Crippen molar-refractivity contribution in [2.24, 2.45) is 0 Å². The molecule has 8 heteroatoms. The Morgan fingerprint density at radius 2 is 1.97 bits per heavy atom. The van der Waals surface area contributed by atoms with Crippen molar-refractivity contribution in [3.05, 3.63) is 52.5 Å². The van der Waals surface area contributed by atoms with Gasteiger partial charge in [0.05, 0.1) is 18.7 Å². The summed E-state index contributed by atoms with van der Waals surface area (Å²) in [5.74, 6) is 1.18. The van der Waals surface area contributed by atoms with Crippen LogP contribution in [0, 0.1) is 13.8 Å². The maximum Gasteiger partial charge on any atom is 0.232 e. The van der Waals surface area contributed by atoms with Crippen LogP contribution in [-0.2, 0) is 27.7 Å². The van der Waals surface area contributed by atoms with Gasteiger partial charge < -0.3 is 0 Å². The van der Waals surface area contributed by atoms with Gasteiger partial charge in [-0.05, 0) is 38.7 Å². The molecular weight excluding hydrogens is 400 g/mol. The van der Waals surface area contributed by atoms with E-state index in [-0.39, 0.29) is 11.9 Å². The van der Waals surface area contributed by atoms with Crippen LogP contribution in [0.15, 0.2) is 24.3 Å². The van der Waals surface area contributed by atoms with Crippen LogP contribution in [0.4, 0.5) is 5.82 Å². The van der Waals surface area contributed by atoms with Crippen LogP contribution in [0.25, 0.3) is 0 Å². The van der Waals surface area contributed by atoms with Gasteiger partial charge in [0.1, 0.15) is 11.6 Å². The lowest BCUT2D eigenvalue weighted by Crippen LogP contribution is -2.39. The van der Waals surface area contributed by atoms with Crippen LogP contribution in [0.3, 0.4) is 0 Å². The molecule has 0 spiro atoms. The van der Waals surface area contributed by atoms with E-state index in [4.69, 9.17) is 4.98 Å². The number of piperidine rings is 1. The van der Waals surface area contributed by atoms with E-state index in [1.165, 1.54) is 21.7 Å². The third-order valence-corrected chi connectivity index (χ3v) is 7.27. The van der Waals surface area contributed by atoms with E-state index in [9.17, 15) is 13.2 Å². The van der Waals surface area contributed by atoms with Gasteiger partial charge in [-0.3, -0.25) is 9.69 Å². The number of fused-ring (bicyclic) bond motifs is 1. The van der Waals surface area contributed by atoms with Crippen molar-refractivity contribution in [2.75, 3.05) is 24.2 Å². The molecule has 2 aromatic rings. The van der Waals surface area contributed by atoms with Crippen LogP contribution in [0.1, 0.15) is 53.5 Å². The molecule has 1 fully saturated rings. The third-order valence-electron chi connectivity index (χ3n) is 5.98. The topological polar surface area (TPSA) is 83.5 Å². The first-order valence-corrected chi connectivity index (χ1v) is 12.3. The van der Waals surface area contributed by atoms with E-state index in [0.717, 1.165) is 30.5 Å². The first kappa shape index (κ1) is 20.9. The Morgan fingerprint density at radius 1 is 1.17 bits per heavy atom. The molecule has 1 aromatic carbocycles. The smallest absolute Gasteiger partial charge is 0.232 e. The van der Waals surface area contributed by atoms with Gasteiger partial charge >= 0.3 is 0 Å². The van der Waals surface area contributed by atoms with Crippen LogP contribution < -0.4 is 4.90 Å². The Morgan fingerprint density at radius 3 is 2.70 bits per heavy atom. The highest BCUT2D eigenvalue weighted by molar-refractivity contribution is 7.88. The van der Waals surface area contributed by atoms with Crippen molar-refractivity contribution in [1.29, 1.82) is 0 Å². The number of aromatic nitrogens is 2. The lowest BCUT2D eigenvalue weighted by Gasteiger charge is -2.33. The van der Waals surface area contributed by atoms with Crippen molar-refractivity contribution in [3.8, 4) is 0 Å². The molecule has 160 valence electrons. The maximum absolute atomic E-state index is 12.7. The molecule has 4 rings (SSSR count). The molecule has 0 saturated carbocycles. The van der Waals surface area contributed by atoms with E-state index in [0.29, 0.717) is 37.6 Å². The van der Waals surface area contributed by atoms with Crippen molar-refractivity contribution in [1.82, 2.24) is 14.3 Å². The molecule has 0 radical (unpaired) electrons. The van der Waals surface area contributed by atoms with Crippen LogP contribution in [0.2, 0.25) is 0 Å². The highest BCUT2D eigenvalue weighted by atomic mass is 32.2. The van der Waals surface area contributed by atoms with Gasteiger partial charge in [0.15, 0.2) is 0 Å². The molecule has 1 amide bonds. The highest BCUT2D eigenvalue weighted by Crippen LogP contribution is 2.35. The number of benzene rings is 1. The standard InChI is InChI=1S/C22H28N4O3S/c1-15-7-6-8-17(13-15)10-12-25-20(27)14-18-16(2)23-21(24-22(18)25)19-9-4-5-11-26(19)30(3,28)29/h6-8,13,19H,4-5,9-12,14H2,1-3H3. The second-order valence-electron chi connectivity index (χ2n) is 8.32. The SMILES string of the molecule is Cc1cccc(CCN2C(=O)Cc3c(C)nc(C4CCCCN4S(C)(=O)=O)nc32)c1. The minimum absolute atomic E-state index is 0.0239. The number of amides is 1. The minimum Gasteiger partial charge on any atom is -0.296 e. The fraction of sp³-hybridized carbons (Fsp3) is 0.500. The van der Waals surface area contributed by atoms with E-state index < -0.39 is 10.0 Å². The number of anilines is 1. The molecule has 0 aliphatic carbocycles. The zero-order valence-corrected chi connectivity index (χ0v) is 18.6. The van der Waals surface area contributed by atoms with E-state index in [1.807, 2.05) is 13.0 Å². The average Bonchev–Trinajstić information content (AvgIpc) is 3.01. The van der Waals surface area contributed by atoms with Crippen molar-refractivity contribution < 1.29 is 13.2 Å². The summed E-state index contributed by atoms with van der Waals surface area (Å²) >= 11 is 0. The molecule has 30 heavy (non-hydrogen) atoms. The molecule has 1 atom stereocenters. The number of aryl methyl sites for hydroxylation is 2. The van der Waals surface area contributed by atoms with Gasteiger partial charge in [-0.2, -0.15) is 4.31 Å². The van der Waals surface area contributed by atoms with E-state index in [1.54, 1.807) is 4.90 Å². The monoisotopic (exact) mass is 428 g/mol. The molecule has 1 saturated heterocycles. The lowest BCUT2D eigenvalue weighted by molar-refractivity contribution is -0.117. The Kier molecular flexibility index (Phi) is 5.63. The molecule has 2 aliphatic rings. The summed E-state index contributed by atoms with van der Waals surface area (Å²) in [7, 11) is -3.35. The second kappa shape index (κ2) is 8.07. The van der Waals surface area contributed by atoms with E-state index in [2.05, 4.69) is 30.1 Å². The number of carbonyl (C=O) groups excluding carboxylic acids is 1. The Labute approximate surface area is 178 Å². The highest BCUT2D eigenvalue weighted by Gasteiger charge is 2.36. The quantitative estimate of drug-likeness (QED) is 0.731. The zero-order chi connectivity index (χ0) is 21.5. The normalized spacial score (nSPS) is 19.9. The van der Waals surface area contributed by atoms with Crippen molar-refractivity contribution in [3.63, 3.8) is 0 Å². The van der Waals surface area contributed by atoms with Gasteiger partial charge in [-0.1, -0.05) is 36.2 Å². The number of rotatable bonds is 5. The zero-order valence-electron chi connectivity index (χ0n) is 17.8. The molecule has 3 heterocycles. The van der Waals surface area contributed by atoms with Crippen LogP contribution in [-0.4, -0.2) is 47.9 Å². The Bertz CT molecular complexity index is 1080. The van der Waals surface area contributed by atoms with Gasteiger partial charge in [-0.15, -0.1) is 0 Å². The number of hydrogen-bond acceptors (Lipinski definition) is 5. The number of carbonyl (C=O) groups is 1. The number of nitrogens with zero attached hydrogens (tertiary/aromatic N) is 4. The largest absolute Gasteiger partial charge is 0.296 e. The summed E-state index contributed by atoms with van der Waals surface area (Å²) in [5, 5.41) is 0. The molecular formula is C22H28N4O3S. The van der Waals surface area contributed by atoms with Gasteiger partial charge in [0.2, 0.25) is 15.9 Å². The molecule has 0 N–H and O–H groups in total. The lowest BCUT2D eigenvalue weighted by atomic mass is 10.0. The predicted octanol–water partition coefficient (Wildman–Crippen LogP) is 2.71. The number of sulfonamides is 1. The summed E-state index contributed by atoms with van der Waals surface area (Å²) in [6.45, 7) is 4.97.